The first-order valence-electron chi connectivity index (χ1n) is 2.89. The van der Waals surface area contributed by atoms with Crippen LogP contribution in [0.1, 0.15) is 6.42 Å². The van der Waals surface area contributed by atoms with Gasteiger partial charge in [0, 0.05) is 6.42 Å². The Morgan fingerprint density at radius 3 is 2.90 bits per heavy atom. The van der Waals surface area contributed by atoms with Crippen LogP contribution in [-0.4, -0.2) is 12.5 Å². The van der Waals surface area contributed by atoms with E-state index in [2.05, 4.69) is 0 Å². The van der Waals surface area contributed by atoms with Crippen molar-refractivity contribution in [3.05, 3.63) is 23.6 Å². The summed E-state index contributed by atoms with van der Waals surface area (Å²) < 4.78 is 24.6. The van der Waals surface area contributed by atoms with E-state index in [9.17, 15) is 13.6 Å². The number of alkyl halides is 1. The fourth-order valence-corrected chi connectivity index (χ4v) is 0.823. The maximum atomic E-state index is 12.4. The number of allylic oxidation sites excluding steroid dienone is 4. The average molecular weight is 144 g/mol. The molecule has 0 aromatic carbocycles. The van der Waals surface area contributed by atoms with Crippen molar-refractivity contribution in [1.29, 1.82) is 0 Å². The Kier molecular flexibility index (Phi) is 1.94. The lowest BCUT2D eigenvalue weighted by Gasteiger charge is -2.06. The van der Waals surface area contributed by atoms with Gasteiger partial charge in [-0.3, -0.25) is 4.79 Å². The fraction of sp³-hybridized carbons (Fsp3) is 0.286. The van der Waals surface area contributed by atoms with Gasteiger partial charge in [-0.1, -0.05) is 0 Å². The van der Waals surface area contributed by atoms with Gasteiger partial charge in [-0.15, -0.1) is 0 Å². The minimum absolute atomic E-state index is 0.00306. The molecule has 3 heteroatoms. The Labute approximate surface area is 57.0 Å². The first-order valence-corrected chi connectivity index (χ1v) is 2.89. The molecule has 0 spiro atoms. The third-order valence-electron chi connectivity index (χ3n) is 1.25. The van der Waals surface area contributed by atoms with E-state index in [1.807, 2.05) is 0 Å². The van der Waals surface area contributed by atoms with Crippen LogP contribution < -0.4 is 0 Å². The predicted molar refractivity (Wildman–Crippen MR) is 32.9 cm³/mol. The van der Waals surface area contributed by atoms with Crippen LogP contribution in [0.4, 0.5) is 8.78 Å². The molecule has 0 aromatic heterocycles. The highest BCUT2D eigenvalue weighted by Gasteiger charge is 2.12. The van der Waals surface area contributed by atoms with Gasteiger partial charge >= 0.3 is 0 Å². The highest BCUT2D eigenvalue weighted by atomic mass is 19.1. The summed E-state index contributed by atoms with van der Waals surface area (Å²) in [4.78, 5) is 10.0. The molecule has 0 radical (unpaired) electrons. The van der Waals surface area contributed by atoms with Gasteiger partial charge in [-0.05, 0) is 17.7 Å². The van der Waals surface area contributed by atoms with E-state index >= 15 is 0 Å². The molecule has 1 rings (SSSR count). The van der Waals surface area contributed by atoms with E-state index in [0.29, 0.717) is 6.29 Å². The third kappa shape index (κ3) is 1.50. The van der Waals surface area contributed by atoms with Crippen LogP contribution in [0.5, 0.6) is 0 Å². The van der Waals surface area contributed by atoms with E-state index < -0.39 is 12.0 Å². The Bertz CT molecular complexity index is 206. The summed E-state index contributed by atoms with van der Waals surface area (Å²) >= 11 is 0. The summed E-state index contributed by atoms with van der Waals surface area (Å²) in [5, 5.41) is 0. The zero-order valence-corrected chi connectivity index (χ0v) is 5.18. The Balaban J connectivity index is 2.79. The van der Waals surface area contributed by atoms with Crippen LogP contribution in [0.25, 0.3) is 0 Å². The lowest BCUT2D eigenvalue weighted by atomic mass is 10.0. The van der Waals surface area contributed by atoms with E-state index in [-0.39, 0.29) is 12.0 Å². The van der Waals surface area contributed by atoms with E-state index in [1.54, 1.807) is 0 Å². The van der Waals surface area contributed by atoms with Gasteiger partial charge in [0.15, 0.2) is 0 Å². The molecular weight excluding hydrogens is 138 g/mol. The molecule has 0 amide bonds. The lowest BCUT2D eigenvalue weighted by molar-refractivity contribution is -0.105. The molecule has 0 saturated carbocycles. The second-order valence-electron chi connectivity index (χ2n) is 2.11. The average Bonchev–Trinajstić information content (AvgIpc) is 1.85. The van der Waals surface area contributed by atoms with Crippen molar-refractivity contribution in [1.82, 2.24) is 0 Å². The number of hydrogen-bond donors (Lipinski definition) is 0. The molecule has 1 aliphatic carbocycles. The molecule has 54 valence electrons. The van der Waals surface area contributed by atoms with Crippen LogP contribution in [0.15, 0.2) is 23.6 Å². The summed E-state index contributed by atoms with van der Waals surface area (Å²) in [7, 11) is 0. The van der Waals surface area contributed by atoms with Gasteiger partial charge in [0.1, 0.15) is 18.3 Å². The zero-order valence-electron chi connectivity index (χ0n) is 5.18. The summed E-state index contributed by atoms with van der Waals surface area (Å²) in [6.45, 7) is 0. The van der Waals surface area contributed by atoms with Gasteiger partial charge in [0.05, 0.1) is 0 Å². The summed E-state index contributed by atoms with van der Waals surface area (Å²) in [6.07, 6.45) is 1.02. The lowest BCUT2D eigenvalue weighted by Crippen LogP contribution is -2.03. The molecule has 1 atom stereocenters. The normalized spacial score (nSPS) is 25.2. The third-order valence-corrected chi connectivity index (χ3v) is 1.25. The number of aldehydes is 1. The summed E-state index contributed by atoms with van der Waals surface area (Å²) in [6, 6.07) is 0. The van der Waals surface area contributed by atoms with Gasteiger partial charge in [-0.25, -0.2) is 8.78 Å². The van der Waals surface area contributed by atoms with Crippen molar-refractivity contribution in [2.75, 3.05) is 0 Å². The van der Waals surface area contributed by atoms with Crippen LogP contribution in [0.3, 0.4) is 0 Å². The van der Waals surface area contributed by atoms with Crippen molar-refractivity contribution in [3.8, 4) is 0 Å². The standard InChI is InChI=1S/C7H6F2O/c8-6-1-5(4-10)2-7(9)3-6/h1,3-4,7H,2H2. The maximum Gasteiger partial charge on any atom is 0.146 e. The molecule has 0 saturated heterocycles. The number of carbonyl (C=O) groups is 1. The molecule has 0 aliphatic heterocycles. The SMILES string of the molecule is O=CC1=CC(F)=CC(F)C1. The van der Waals surface area contributed by atoms with Crippen LogP contribution >= 0.6 is 0 Å². The Hall–Kier alpha value is -0.990. The van der Waals surface area contributed by atoms with Crippen molar-refractivity contribution >= 4 is 6.29 Å². The minimum Gasteiger partial charge on any atom is -0.298 e. The largest absolute Gasteiger partial charge is 0.298 e. The number of halogens is 2. The monoisotopic (exact) mass is 144 g/mol. The molecule has 0 aromatic rings. The maximum absolute atomic E-state index is 12.4. The predicted octanol–water partition coefficient (Wildman–Crippen LogP) is 1.71. The first kappa shape index (κ1) is 7.12. The van der Waals surface area contributed by atoms with E-state index in [4.69, 9.17) is 0 Å². The van der Waals surface area contributed by atoms with E-state index in [1.165, 1.54) is 0 Å². The summed E-state index contributed by atoms with van der Waals surface area (Å²) in [5.41, 5.74) is 0.174. The number of carbonyl (C=O) groups excluding carboxylic acids is 1. The van der Waals surface area contributed by atoms with Gasteiger partial charge in [0.25, 0.3) is 0 Å². The number of hydrogen-bond acceptors (Lipinski definition) is 1. The zero-order chi connectivity index (χ0) is 7.56. The number of rotatable bonds is 1. The molecule has 10 heavy (non-hydrogen) atoms. The molecular formula is C7H6F2O. The van der Waals surface area contributed by atoms with Crippen molar-refractivity contribution in [2.24, 2.45) is 0 Å². The van der Waals surface area contributed by atoms with Gasteiger partial charge in [-0.2, -0.15) is 0 Å². The van der Waals surface area contributed by atoms with Crippen molar-refractivity contribution in [2.45, 2.75) is 12.6 Å². The molecule has 0 bridgehead atoms. The second-order valence-corrected chi connectivity index (χ2v) is 2.11. The smallest absolute Gasteiger partial charge is 0.146 e. The summed E-state index contributed by atoms with van der Waals surface area (Å²) in [5.74, 6) is -0.666. The van der Waals surface area contributed by atoms with Crippen LogP contribution in [0, 0.1) is 0 Å². The van der Waals surface area contributed by atoms with Crippen molar-refractivity contribution in [3.63, 3.8) is 0 Å². The molecule has 1 nitrogen and oxygen atoms in total. The molecule has 1 unspecified atom stereocenters. The van der Waals surface area contributed by atoms with Gasteiger partial charge in [0.2, 0.25) is 0 Å². The van der Waals surface area contributed by atoms with Crippen LogP contribution in [0.2, 0.25) is 0 Å². The molecule has 0 heterocycles. The molecule has 0 N–H and O–H groups in total. The Morgan fingerprint density at radius 2 is 2.40 bits per heavy atom. The second kappa shape index (κ2) is 2.73. The highest BCUT2D eigenvalue weighted by Crippen LogP contribution is 2.18. The highest BCUT2D eigenvalue weighted by molar-refractivity contribution is 5.74. The minimum atomic E-state index is -1.34. The van der Waals surface area contributed by atoms with Gasteiger partial charge < -0.3 is 0 Å². The van der Waals surface area contributed by atoms with Crippen molar-refractivity contribution < 1.29 is 13.6 Å². The molecule has 0 fully saturated rings. The van der Waals surface area contributed by atoms with Crippen LogP contribution in [-0.2, 0) is 4.79 Å². The van der Waals surface area contributed by atoms with E-state index in [0.717, 1.165) is 12.2 Å². The Morgan fingerprint density at radius 1 is 1.70 bits per heavy atom. The quantitative estimate of drug-likeness (QED) is 0.512. The topological polar surface area (TPSA) is 17.1 Å². The fourth-order valence-electron chi connectivity index (χ4n) is 0.823. The first-order chi connectivity index (χ1) is 4.72. The molecule has 1 aliphatic rings.